The van der Waals surface area contributed by atoms with Crippen LogP contribution in [0.15, 0.2) is 22.8 Å². The molecule has 2 fully saturated rings. The Labute approximate surface area is 107 Å². The van der Waals surface area contributed by atoms with Crippen molar-refractivity contribution in [2.24, 2.45) is 0 Å². The molecule has 0 aromatic carbocycles. The van der Waals surface area contributed by atoms with Gasteiger partial charge < -0.3 is 14.4 Å². The number of hydrogen-bond donors (Lipinski definition) is 1. The van der Waals surface area contributed by atoms with Crippen molar-refractivity contribution in [1.29, 1.82) is 0 Å². The first-order chi connectivity index (χ1) is 8.74. The molecule has 4 heteroatoms. The number of aryl methyl sites for hydroxylation is 1. The molecule has 2 aliphatic heterocycles. The molecule has 1 N–H and O–H groups in total. The van der Waals surface area contributed by atoms with Crippen LogP contribution in [0.25, 0.3) is 0 Å². The summed E-state index contributed by atoms with van der Waals surface area (Å²) in [7, 11) is 0. The first kappa shape index (κ1) is 11.8. The van der Waals surface area contributed by atoms with Crippen molar-refractivity contribution in [2.75, 3.05) is 0 Å². The molecule has 0 radical (unpaired) electrons. The minimum absolute atomic E-state index is 0.211. The summed E-state index contributed by atoms with van der Waals surface area (Å²) in [6.07, 6.45) is 6.22. The summed E-state index contributed by atoms with van der Waals surface area (Å²) >= 11 is 0. The maximum absolute atomic E-state index is 12.3. The predicted molar refractivity (Wildman–Crippen MR) is 65.9 cm³/mol. The second kappa shape index (κ2) is 4.76. The number of fused-ring (bicyclic) bond motifs is 2. The van der Waals surface area contributed by atoms with E-state index in [4.69, 9.17) is 4.42 Å². The third-order valence-electron chi connectivity index (χ3n) is 4.16. The highest BCUT2D eigenvalue weighted by Gasteiger charge is 2.42. The van der Waals surface area contributed by atoms with Gasteiger partial charge in [0.15, 0.2) is 0 Å². The van der Waals surface area contributed by atoms with Gasteiger partial charge in [0.25, 0.3) is 0 Å². The lowest BCUT2D eigenvalue weighted by molar-refractivity contribution is -0.137. The quantitative estimate of drug-likeness (QED) is 0.887. The van der Waals surface area contributed by atoms with Crippen molar-refractivity contribution >= 4 is 5.91 Å². The Bertz CT molecular complexity index is 401. The largest absolute Gasteiger partial charge is 0.469 e. The van der Waals surface area contributed by atoms with E-state index in [2.05, 4.69) is 0 Å². The number of furan rings is 1. The van der Waals surface area contributed by atoms with E-state index in [0.29, 0.717) is 12.8 Å². The molecule has 0 spiro atoms. The van der Waals surface area contributed by atoms with Crippen LogP contribution in [-0.4, -0.2) is 34.1 Å². The minimum atomic E-state index is -0.211. The summed E-state index contributed by atoms with van der Waals surface area (Å²) in [5.41, 5.74) is 0. The molecule has 98 valence electrons. The number of nitrogens with zero attached hydrogens (tertiary/aromatic N) is 1. The molecule has 0 aliphatic carbocycles. The molecule has 4 nitrogen and oxygen atoms in total. The van der Waals surface area contributed by atoms with Gasteiger partial charge in [-0.2, -0.15) is 0 Å². The van der Waals surface area contributed by atoms with E-state index in [9.17, 15) is 9.90 Å². The molecular weight excluding hydrogens is 230 g/mol. The normalized spacial score (nSPS) is 30.7. The van der Waals surface area contributed by atoms with E-state index in [1.165, 1.54) is 0 Å². The number of aliphatic hydroxyl groups excluding tert-OH is 1. The monoisotopic (exact) mass is 249 g/mol. The SMILES string of the molecule is O=C(CCc1ccco1)N1C2CCC1CC(O)C2. The van der Waals surface area contributed by atoms with Gasteiger partial charge in [-0.1, -0.05) is 0 Å². The molecule has 2 bridgehead atoms. The molecule has 18 heavy (non-hydrogen) atoms. The molecule has 2 unspecified atom stereocenters. The van der Waals surface area contributed by atoms with Crippen LogP contribution in [0.3, 0.4) is 0 Å². The van der Waals surface area contributed by atoms with Gasteiger partial charge in [-0.05, 0) is 37.8 Å². The maximum atomic E-state index is 12.3. The van der Waals surface area contributed by atoms with E-state index < -0.39 is 0 Å². The van der Waals surface area contributed by atoms with Crippen molar-refractivity contribution in [2.45, 2.75) is 56.7 Å². The second-order valence-electron chi connectivity index (χ2n) is 5.39. The lowest BCUT2D eigenvalue weighted by atomic mass is 9.99. The molecule has 0 saturated carbocycles. The Morgan fingerprint density at radius 2 is 2.11 bits per heavy atom. The summed E-state index contributed by atoms with van der Waals surface area (Å²) in [4.78, 5) is 14.3. The molecule has 1 amide bonds. The number of hydrogen-bond acceptors (Lipinski definition) is 3. The van der Waals surface area contributed by atoms with Crippen LogP contribution >= 0.6 is 0 Å². The Morgan fingerprint density at radius 3 is 2.72 bits per heavy atom. The summed E-state index contributed by atoms with van der Waals surface area (Å²) in [6, 6.07) is 4.29. The number of piperidine rings is 1. The number of aliphatic hydroxyl groups is 1. The minimum Gasteiger partial charge on any atom is -0.469 e. The van der Waals surface area contributed by atoms with Gasteiger partial charge in [-0.25, -0.2) is 0 Å². The van der Waals surface area contributed by atoms with Crippen LogP contribution in [0.5, 0.6) is 0 Å². The van der Waals surface area contributed by atoms with Gasteiger partial charge in [0.05, 0.1) is 12.4 Å². The zero-order valence-electron chi connectivity index (χ0n) is 10.4. The van der Waals surface area contributed by atoms with E-state index in [1.807, 2.05) is 17.0 Å². The van der Waals surface area contributed by atoms with Gasteiger partial charge in [0, 0.05) is 24.9 Å². The van der Waals surface area contributed by atoms with Gasteiger partial charge in [-0.15, -0.1) is 0 Å². The van der Waals surface area contributed by atoms with Crippen LogP contribution in [0.2, 0.25) is 0 Å². The predicted octanol–water partition coefficient (Wildman–Crippen LogP) is 1.73. The van der Waals surface area contributed by atoms with Crippen LogP contribution in [0.4, 0.5) is 0 Å². The Kier molecular flexibility index (Phi) is 3.12. The fraction of sp³-hybridized carbons (Fsp3) is 0.643. The van der Waals surface area contributed by atoms with E-state index >= 15 is 0 Å². The van der Waals surface area contributed by atoms with Crippen molar-refractivity contribution in [1.82, 2.24) is 4.90 Å². The number of carbonyl (C=O) groups is 1. The van der Waals surface area contributed by atoms with Crippen molar-refractivity contribution in [3.63, 3.8) is 0 Å². The van der Waals surface area contributed by atoms with Crippen LogP contribution < -0.4 is 0 Å². The highest BCUT2D eigenvalue weighted by atomic mass is 16.3. The average molecular weight is 249 g/mol. The van der Waals surface area contributed by atoms with Gasteiger partial charge in [-0.3, -0.25) is 4.79 Å². The first-order valence-electron chi connectivity index (χ1n) is 6.75. The molecule has 2 atom stereocenters. The lowest BCUT2D eigenvalue weighted by Gasteiger charge is -2.37. The van der Waals surface area contributed by atoms with Crippen LogP contribution in [0, 0.1) is 0 Å². The molecule has 1 aromatic rings. The maximum Gasteiger partial charge on any atom is 0.223 e. The standard InChI is InChI=1S/C14H19NO3/c16-12-8-10-3-4-11(9-12)15(10)14(17)6-5-13-2-1-7-18-13/h1-2,7,10-12,16H,3-6,8-9H2. The Hall–Kier alpha value is -1.29. The summed E-state index contributed by atoms with van der Waals surface area (Å²) in [6.45, 7) is 0. The number of amides is 1. The third kappa shape index (κ3) is 2.17. The third-order valence-corrected chi connectivity index (χ3v) is 4.16. The van der Waals surface area contributed by atoms with E-state index in [1.54, 1.807) is 6.26 Å². The first-order valence-corrected chi connectivity index (χ1v) is 6.75. The molecule has 2 aliphatic rings. The fourth-order valence-corrected chi connectivity index (χ4v) is 3.37. The molecular formula is C14H19NO3. The van der Waals surface area contributed by atoms with Crippen molar-refractivity contribution < 1.29 is 14.3 Å². The number of rotatable bonds is 3. The average Bonchev–Trinajstić information content (AvgIpc) is 2.94. The van der Waals surface area contributed by atoms with Crippen molar-refractivity contribution in [3.8, 4) is 0 Å². The van der Waals surface area contributed by atoms with Gasteiger partial charge in [0.2, 0.25) is 5.91 Å². The topological polar surface area (TPSA) is 53.7 Å². The Balaban J connectivity index is 1.60. The molecule has 2 saturated heterocycles. The lowest BCUT2D eigenvalue weighted by Crippen LogP contribution is -2.48. The van der Waals surface area contributed by atoms with E-state index in [-0.39, 0.29) is 24.1 Å². The van der Waals surface area contributed by atoms with Gasteiger partial charge in [0.1, 0.15) is 5.76 Å². The number of carbonyl (C=O) groups excluding carboxylic acids is 1. The van der Waals surface area contributed by atoms with Crippen molar-refractivity contribution in [3.05, 3.63) is 24.2 Å². The molecule has 1 aromatic heterocycles. The van der Waals surface area contributed by atoms with E-state index in [0.717, 1.165) is 31.4 Å². The smallest absolute Gasteiger partial charge is 0.223 e. The molecule has 3 rings (SSSR count). The zero-order chi connectivity index (χ0) is 12.5. The summed E-state index contributed by atoms with van der Waals surface area (Å²) in [5.74, 6) is 1.08. The fourth-order valence-electron chi connectivity index (χ4n) is 3.37. The Morgan fingerprint density at radius 1 is 1.39 bits per heavy atom. The highest BCUT2D eigenvalue weighted by Crippen LogP contribution is 2.36. The van der Waals surface area contributed by atoms with Gasteiger partial charge >= 0.3 is 0 Å². The zero-order valence-corrected chi connectivity index (χ0v) is 10.4. The second-order valence-corrected chi connectivity index (χ2v) is 5.39. The highest BCUT2D eigenvalue weighted by molar-refractivity contribution is 5.77. The summed E-state index contributed by atoms with van der Waals surface area (Å²) < 4.78 is 5.25. The van der Waals surface area contributed by atoms with Crippen LogP contribution in [-0.2, 0) is 11.2 Å². The molecule has 3 heterocycles. The van der Waals surface area contributed by atoms with Crippen LogP contribution in [0.1, 0.15) is 37.9 Å². The summed E-state index contributed by atoms with van der Waals surface area (Å²) in [5, 5.41) is 9.72.